The second-order valence-electron chi connectivity index (χ2n) is 6.69. The van der Waals surface area contributed by atoms with Crippen molar-refractivity contribution in [2.24, 2.45) is 0 Å². The highest BCUT2D eigenvalue weighted by atomic mass is 127. The van der Waals surface area contributed by atoms with Gasteiger partial charge in [-0.25, -0.2) is 0 Å². The number of nitrogens with zero attached hydrogens (tertiary/aromatic N) is 1. The van der Waals surface area contributed by atoms with Crippen molar-refractivity contribution in [1.82, 2.24) is 0 Å². The largest absolute Gasteiger partial charge is 0.494 e. The van der Waals surface area contributed by atoms with Gasteiger partial charge < -0.3 is 14.8 Å². The minimum absolute atomic E-state index is 0.00237. The predicted molar refractivity (Wildman–Crippen MR) is 135 cm³/mol. The van der Waals surface area contributed by atoms with Crippen molar-refractivity contribution in [3.05, 3.63) is 92.0 Å². The van der Waals surface area contributed by atoms with Crippen molar-refractivity contribution in [3.8, 4) is 17.6 Å². The molecule has 1 amide bonds. The summed E-state index contributed by atoms with van der Waals surface area (Å²) in [5.41, 5.74) is 2.29. The smallest absolute Gasteiger partial charge is 0.266 e. The predicted octanol–water partition coefficient (Wildman–Crippen LogP) is 6.47. The summed E-state index contributed by atoms with van der Waals surface area (Å²) in [6.07, 6.45) is 1.55. The summed E-state index contributed by atoms with van der Waals surface area (Å²) >= 11 is 8.08. The fraction of sp³-hybridized carbons (Fsp3) is 0.120. The van der Waals surface area contributed by atoms with Crippen molar-refractivity contribution in [3.63, 3.8) is 0 Å². The van der Waals surface area contributed by atoms with Crippen LogP contribution in [-0.4, -0.2) is 12.5 Å². The Hall–Kier alpha value is -3.02. The molecule has 32 heavy (non-hydrogen) atoms. The average Bonchev–Trinajstić information content (AvgIpc) is 2.78. The van der Waals surface area contributed by atoms with Gasteiger partial charge in [-0.05, 0) is 83.1 Å². The van der Waals surface area contributed by atoms with Crippen LogP contribution in [0.2, 0.25) is 5.02 Å². The number of hydrogen-bond donors (Lipinski definition) is 1. The van der Waals surface area contributed by atoms with E-state index in [0.717, 1.165) is 14.7 Å². The molecule has 0 fully saturated rings. The molecule has 0 radical (unpaired) electrons. The van der Waals surface area contributed by atoms with Gasteiger partial charge in [0, 0.05) is 16.8 Å². The summed E-state index contributed by atoms with van der Waals surface area (Å²) in [5.74, 6) is 0.879. The van der Waals surface area contributed by atoms with Gasteiger partial charge in [-0.1, -0.05) is 35.9 Å². The summed E-state index contributed by atoms with van der Waals surface area (Å²) in [5, 5.41) is 12.9. The lowest BCUT2D eigenvalue weighted by Crippen LogP contribution is -2.13. The van der Waals surface area contributed by atoms with Gasteiger partial charge in [0.1, 0.15) is 29.7 Å². The second kappa shape index (κ2) is 11.6. The van der Waals surface area contributed by atoms with E-state index >= 15 is 0 Å². The average molecular weight is 559 g/mol. The summed E-state index contributed by atoms with van der Waals surface area (Å²) in [4.78, 5) is 12.6. The second-order valence-corrected chi connectivity index (χ2v) is 8.29. The zero-order valence-corrected chi connectivity index (χ0v) is 20.2. The van der Waals surface area contributed by atoms with Gasteiger partial charge in [-0.2, -0.15) is 5.26 Å². The molecular weight excluding hydrogens is 539 g/mol. The zero-order valence-electron chi connectivity index (χ0n) is 17.3. The Balaban J connectivity index is 1.69. The van der Waals surface area contributed by atoms with Gasteiger partial charge in [0.25, 0.3) is 5.91 Å². The molecular formula is C25H20ClIN2O3. The Morgan fingerprint density at radius 3 is 2.59 bits per heavy atom. The van der Waals surface area contributed by atoms with E-state index in [1.54, 1.807) is 36.4 Å². The number of carbonyl (C=O) groups is 1. The van der Waals surface area contributed by atoms with Crippen LogP contribution >= 0.6 is 34.2 Å². The van der Waals surface area contributed by atoms with Crippen molar-refractivity contribution in [2.45, 2.75) is 13.5 Å². The third kappa shape index (κ3) is 6.74. The summed E-state index contributed by atoms with van der Waals surface area (Å²) in [6.45, 7) is 2.82. The number of nitriles is 1. The van der Waals surface area contributed by atoms with Gasteiger partial charge in [0.15, 0.2) is 0 Å². The number of halogens is 2. The molecule has 0 saturated heterocycles. The molecule has 0 aliphatic carbocycles. The number of nitrogens with one attached hydrogen (secondary N) is 1. The maximum atomic E-state index is 12.6. The molecule has 1 N–H and O–H groups in total. The van der Waals surface area contributed by atoms with Crippen LogP contribution in [-0.2, 0) is 11.4 Å². The van der Waals surface area contributed by atoms with E-state index in [9.17, 15) is 10.1 Å². The minimum Gasteiger partial charge on any atom is -0.494 e. The lowest BCUT2D eigenvalue weighted by atomic mass is 10.1. The first kappa shape index (κ1) is 23.6. The highest BCUT2D eigenvalue weighted by molar-refractivity contribution is 14.1. The summed E-state index contributed by atoms with van der Waals surface area (Å²) in [6, 6.07) is 22.0. The van der Waals surface area contributed by atoms with Crippen LogP contribution in [0.15, 0.2) is 72.3 Å². The van der Waals surface area contributed by atoms with Gasteiger partial charge in [-0.3, -0.25) is 4.79 Å². The van der Waals surface area contributed by atoms with E-state index in [4.69, 9.17) is 21.1 Å². The molecule has 0 unspecified atom stereocenters. The van der Waals surface area contributed by atoms with E-state index in [1.165, 1.54) is 0 Å². The lowest BCUT2D eigenvalue weighted by molar-refractivity contribution is -0.112. The monoisotopic (exact) mass is 558 g/mol. The van der Waals surface area contributed by atoms with E-state index in [-0.39, 0.29) is 5.57 Å². The molecule has 162 valence electrons. The van der Waals surface area contributed by atoms with Crippen LogP contribution in [0.25, 0.3) is 6.08 Å². The molecule has 7 heteroatoms. The maximum Gasteiger partial charge on any atom is 0.266 e. The van der Waals surface area contributed by atoms with E-state index in [1.807, 2.05) is 49.4 Å². The molecule has 3 aromatic carbocycles. The van der Waals surface area contributed by atoms with Crippen molar-refractivity contribution in [2.75, 3.05) is 11.9 Å². The molecule has 0 heterocycles. The molecule has 0 bridgehead atoms. The number of hydrogen-bond acceptors (Lipinski definition) is 4. The standard InChI is InChI=1S/C25H20ClIN2O3/c1-2-31-22-5-3-4-21(14-22)29-25(30)19(15-28)12-18-8-11-24(23(27)13-18)32-16-17-6-9-20(26)10-7-17/h3-14H,2,16H2,1H3,(H,29,30)/b19-12-. The normalized spacial score (nSPS) is 10.9. The van der Waals surface area contributed by atoms with Crippen LogP contribution in [0.3, 0.4) is 0 Å². The topological polar surface area (TPSA) is 71.3 Å². The Morgan fingerprint density at radius 2 is 1.91 bits per heavy atom. The van der Waals surface area contributed by atoms with Crippen LogP contribution in [0, 0.1) is 14.9 Å². The van der Waals surface area contributed by atoms with Crippen molar-refractivity contribution < 1.29 is 14.3 Å². The zero-order chi connectivity index (χ0) is 22.9. The van der Waals surface area contributed by atoms with Crippen LogP contribution in [0.5, 0.6) is 11.5 Å². The molecule has 0 aliphatic rings. The Kier molecular flexibility index (Phi) is 8.54. The molecule has 3 aromatic rings. The van der Waals surface area contributed by atoms with Gasteiger partial charge >= 0.3 is 0 Å². The minimum atomic E-state index is -0.487. The van der Waals surface area contributed by atoms with Crippen LogP contribution in [0.1, 0.15) is 18.1 Å². The number of rotatable bonds is 8. The fourth-order valence-electron chi connectivity index (χ4n) is 2.81. The molecule has 3 rings (SSSR count). The first-order valence-electron chi connectivity index (χ1n) is 9.81. The highest BCUT2D eigenvalue weighted by Crippen LogP contribution is 2.25. The van der Waals surface area contributed by atoms with Crippen LogP contribution < -0.4 is 14.8 Å². The lowest BCUT2D eigenvalue weighted by Gasteiger charge is -2.10. The maximum absolute atomic E-state index is 12.6. The number of amides is 1. The first-order chi connectivity index (χ1) is 15.5. The Bertz CT molecular complexity index is 1170. The SMILES string of the molecule is CCOc1cccc(NC(=O)/C(C#N)=C\c2ccc(OCc3ccc(Cl)cc3)c(I)c2)c1. The molecule has 0 aromatic heterocycles. The highest BCUT2D eigenvalue weighted by Gasteiger charge is 2.11. The number of benzene rings is 3. The molecule has 0 spiro atoms. The fourth-order valence-corrected chi connectivity index (χ4v) is 3.63. The van der Waals surface area contributed by atoms with Gasteiger partial charge in [0.2, 0.25) is 0 Å². The number of ether oxygens (including phenoxy) is 2. The Morgan fingerprint density at radius 1 is 1.12 bits per heavy atom. The third-order valence-electron chi connectivity index (χ3n) is 4.34. The van der Waals surface area contributed by atoms with E-state index in [2.05, 4.69) is 27.9 Å². The summed E-state index contributed by atoms with van der Waals surface area (Å²) in [7, 11) is 0. The number of anilines is 1. The van der Waals surface area contributed by atoms with E-state index < -0.39 is 5.91 Å². The van der Waals surface area contributed by atoms with Crippen molar-refractivity contribution >= 4 is 51.9 Å². The first-order valence-corrected chi connectivity index (χ1v) is 11.3. The molecule has 0 saturated carbocycles. The van der Waals surface area contributed by atoms with Crippen LogP contribution in [0.4, 0.5) is 5.69 Å². The third-order valence-corrected chi connectivity index (χ3v) is 5.44. The molecule has 0 aliphatic heterocycles. The van der Waals surface area contributed by atoms with E-state index in [0.29, 0.717) is 35.4 Å². The summed E-state index contributed by atoms with van der Waals surface area (Å²) < 4.78 is 12.2. The number of carbonyl (C=O) groups excluding carboxylic acids is 1. The molecule has 0 atom stereocenters. The quantitative estimate of drug-likeness (QED) is 0.195. The van der Waals surface area contributed by atoms with Gasteiger partial charge in [0.05, 0.1) is 10.2 Å². The Labute approximate surface area is 205 Å². The molecule has 5 nitrogen and oxygen atoms in total. The van der Waals surface area contributed by atoms with Gasteiger partial charge in [-0.15, -0.1) is 0 Å². The van der Waals surface area contributed by atoms with Crippen molar-refractivity contribution in [1.29, 1.82) is 5.26 Å².